The van der Waals surface area contributed by atoms with Crippen LogP contribution in [0.25, 0.3) is 0 Å². The number of ether oxygens (including phenoxy) is 3. The summed E-state index contributed by atoms with van der Waals surface area (Å²) in [7, 11) is 0. The summed E-state index contributed by atoms with van der Waals surface area (Å²) in [6.45, 7) is 13.0. The van der Waals surface area contributed by atoms with E-state index in [0.29, 0.717) is 6.61 Å². The molecule has 0 unspecified atom stereocenters. The Labute approximate surface area is 122 Å². The maximum atomic E-state index is 12.0. The highest BCUT2D eigenvalue weighted by molar-refractivity contribution is 5.95. The predicted octanol–water partition coefficient (Wildman–Crippen LogP) is 2.71. The van der Waals surface area contributed by atoms with Crippen molar-refractivity contribution < 1.29 is 23.8 Å². The second-order valence-corrected chi connectivity index (χ2v) is 6.27. The van der Waals surface area contributed by atoms with Crippen molar-refractivity contribution in [1.29, 1.82) is 0 Å². The lowest BCUT2D eigenvalue weighted by atomic mass is 10.1. The van der Waals surface area contributed by atoms with Crippen LogP contribution in [0.4, 0.5) is 0 Å². The van der Waals surface area contributed by atoms with Gasteiger partial charge in [0, 0.05) is 6.61 Å². The molecule has 0 rings (SSSR count). The van der Waals surface area contributed by atoms with E-state index in [9.17, 15) is 9.59 Å². The highest BCUT2D eigenvalue weighted by Gasteiger charge is 2.31. The normalized spacial score (nSPS) is 12.1. The Balaban J connectivity index is 4.62. The second-order valence-electron chi connectivity index (χ2n) is 6.27. The van der Waals surface area contributed by atoms with Crippen LogP contribution in [0.2, 0.25) is 0 Å². The van der Waals surface area contributed by atoms with Gasteiger partial charge in [-0.1, -0.05) is 0 Å². The molecule has 5 heteroatoms. The van der Waals surface area contributed by atoms with Crippen molar-refractivity contribution in [2.24, 2.45) is 5.92 Å². The van der Waals surface area contributed by atoms with Crippen LogP contribution in [-0.4, -0.2) is 36.4 Å². The van der Waals surface area contributed by atoms with Crippen LogP contribution in [0.5, 0.6) is 0 Å². The van der Waals surface area contributed by atoms with Crippen LogP contribution in [-0.2, 0) is 23.8 Å². The molecule has 0 saturated carbocycles. The van der Waals surface area contributed by atoms with Crippen molar-refractivity contribution in [1.82, 2.24) is 0 Å². The summed E-state index contributed by atoms with van der Waals surface area (Å²) in [5.74, 6) is -2.03. The number of hydrogen-bond donors (Lipinski definition) is 0. The van der Waals surface area contributed by atoms with Crippen molar-refractivity contribution >= 4 is 11.9 Å². The van der Waals surface area contributed by atoms with E-state index in [1.165, 1.54) is 0 Å². The molecular weight excluding hydrogens is 260 g/mol. The fraction of sp³-hybridized carbons (Fsp3) is 0.867. The first-order chi connectivity index (χ1) is 9.03. The molecule has 0 radical (unpaired) electrons. The molecule has 20 heavy (non-hydrogen) atoms. The molecule has 0 fully saturated rings. The van der Waals surface area contributed by atoms with E-state index >= 15 is 0 Å². The summed E-state index contributed by atoms with van der Waals surface area (Å²) in [5, 5.41) is 0. The number of carbonyl (C=O) groups is 2. The summed E-state index contributed by atoms with van der Waals surface area (Å²) in [6.07, 6.45) is -0.269. The maximum Gasteiger partial charge on any atom is 0.320 e. The van der Waals surface area contributed by atoms with Gasteiger partial charge in [-0.3, -0.25) is 9.59 Å². The van der Waals surface area contributed by atoms with E-state index < -0.39 is 17.9 Å². The van der Waals surface area contributed by atoms with Crippen LogP contribution in [0, 0.1) is 5.92 Å². The number of esters is 2. The fourth-order valence-corrected chi connectivity index (χ4v) is 1.44. The van der Waals surface area contributed by atoms with Gasteiger partial charge >= 0.3 is 11.9 Å². The summed E-state index contributed by atoms with van der Waals surface area (Å²) in [5.41, 5.74) is -0.311. The smallest absolute Gasteiger partial charge is 0.320 e. The van der Waals surface area contributed by atoms with Gasteiger partial charge in [-0.15, -0.1) is 0 Å². The molecule has 0 aliphatic heterocycles. The van der Waals surface area contributed by atoms with Gasteiger partial charge in [-0.25, -0.2) is 0 Å². The molecule has 0 bridgehead atoms. The van der Waals surface area contributed by atoms with Crippen molar-refractivity contribution in [3.8, 4) is 0 Å². The Morgan fingerprint density at radius 3 is 1.60 bits per heavy atom. The molecule has 0 aliphatic rings. The lowest BCUT2D eigenvalue weighted by Gasteiger charge is -2.22. The zero-order valence-electron chi connectivity index (χ0n) is 13.7. The molecule has 0 spiro atoms. The Kier molecular flexibility index (Phi) is 7.79. The molecule has 0 saturated heterocycles. The largest absolute Gasteiger partial charge is 0.462 e. The third kappa shape index (κ3) is 8.91. The topological polar surface area (TPSA) is 61.8 Å². The van der Waals surface area contributed by atoms with Gasteiger partial charge in [-0.2, -0.15) is 0 Å². The molecule has 0 atom stereocenters. The van der Waals surface area contributed by atoms with Crippen molar-refractivity contribution in [2.75, 3.05) is 6.61 Å². The van der Waals surface area contributed by atoms with Crippen molar-refractivity contribution in [3.63, 3.8) is 0 Å². The molecule has 0 heterocycles. The first-order valence-electron chi connectivity index (χ1n) is 7.08. The van der Waals surface area contributed by atoms with Gasteiger partial charge in [0.05, 0.1) is 17.8 Å². The Morgan fingerprint density at radius 1 is 0.900 bits per heavy atom. The van der Waals surface area contributed by atoms with Gasteiger partial charge in [0.15, 0.2) is 5.92 Å². The van der Waals surface area contributed by atoms with Crippen LogP contribution >= 0.6 is 0 Å². The highest BCUT2D eigenvalue weighted by atomic mass is 16.6. The second kappa shape index (κ2) is 8.25. The van der Waals surface area contributed by atoms with E-state index in [0.717, 1.165) is 0 Å². The van der Waals surface area contributed by atoms with Crippen LogP contribution in [0.3, 0.4) is 0 Å². The minimum absolute atomic E-state index is 0.258. The Morgan fingerprint density at radius 2 is 1.30 bits per heavy atom. The Hall–Kier alpha value is -1.10. The zero-order valence-corrected chi connectivity index (χ0v) is 13.7. The molecule has 0 aliphatic carbocycles. The molecule has 0 aromatic carbocycles. The van der Waals surface area contributed by atoms with E-state index in [-0.39, 0.29) is 24.2 Å². The Bertz CT molecular complexity index is 293. The van der Waals surface area contributed by atoms with Gasteiger partial charge in [0.25, 0.3) is 0 Å². The monoisotopic (exact) mass is 288 g/mol. The van der Waals surface area contributed by atoms with Crippen LogP contribution in [0.1, 0.15) is 54.9 Å². The third-order valence-corrected chi connectivity index (χ3v) is 2.21. The number of carbonyl (C=O) groups excluding carboxylic acids is 2. The third-order valence-electron chi connectivity index (χ3n) is 2.21. The van der Waals surface area contributed by atoms with Gasteiger partial charge in [0.2, 0.25) is 0 Å². The molecule has 0 N–H and O–H groups in total. The minimum Gasteiger partial charge on any atom is -0.462 e. The first-order valence-corrected chi connectivity index (χ1v) is 7.08. The molecule has 5 nitrogen and oxygen atoms in total. The predicted molar refractivity (Wildman–Crippen MR) is 76.3 cm³/mol. The van der Waals surface area contributed by atoms with Gasteiger partial charge in [0.1, 0.15) is 0 Å². The van der Waals surface area contributed by atoms with Crippen molar-refractivity contribution in [2.45, 2.75) is 72.7 Å². The average molecular weight is 288 g/mol. The summed E-state index contributed by atoms with van der Waals surface area (Å²) < 4.78 is 15.8. The molecular formula is C15H28O5. The van der Waals surface area contributed by atoms with Gasteiger partial charge < -0.3 is 14.2 Å². The van der Waals surface area contributed by atoms with Gasteiger partial charge in [-0.05, 0) is 54.9 Å². The number of rotatable bonds is 7. The molecule has 118 valence electrons. The van der Waals surface area contributed by atoms with Crippen LogP contribution in [0.15, 0.2) is 0 Å². The molecule has 0 aromatic heterocycles. The average Bonchev–Trinajstić information content (AvgIpc) is 2.20. The van der Waals surface area contributed by atoms with E-state index in [1.54, 1.807) is 27.7 Å². The summed E-state index contributed by atoms with van der Waals surface area (Å²) in [6, 6.07) is 0. The van der Waals surface area contributed by atoms with Crippen LogP contribution < -0.4 is 0 Å². The standard InChI is InChI=1S/C15H28O5/c1-10(2)19-13(16)12(14(17)20-11(3)4)8-9-18-15(5,6)7/h10-12H,8-9H2,1-7H3. The SMILES string of the molecule is CC(C)OC(=O)C(CCOC(C)(C)C)C(=O)OC(C)C. The fourth-order valence-electron chi connectivity index (χ4n) is 1.44. The summed E-state index contributed by atoms with van der Waals surface area (Å²) >= 11 is 0. The molecule has 0 amide bonds. The van der Waals surface area contributed by atoms with Crippen molar-refractivity contribution in [3.05, 3.63) is 0 Å². The summed E-state index contributed by atoms with van der Waals surface area (Å²) in [4.78, 5) is 23.9. The highest BCUT2D eigenvalue weighted by Crippen LogP contribution is 2.15. The lowest BCUT2D eigenvalue weighted by Crippen LogP contribution is -2.33. The zero-order chi connectivity index (χ0) is 15.9. The van der Waals surface area contributed by atoms with E-state index in [2.05, 4.69) is 0 Å². The van der Waals surface area contributed by atoms with E-state index in [1.807, 2.05) is 20.8 Å². The lowest BCUT2D eigenvalue weighted by molar-refractivity contribution is -0.167. The molecule has 0 aromatic rings. The maximum absolute atomic E-state index is 12.0. The number of hydrogen-bond acceptors (Lipinski definition) is 5. The quantitative estimate of drug-likeness (QED) is 0.532. The first kappa shape index (κ1) is 18.9. The minimum atomic E-state index is -0.929. The van der Waals surface area contributed by atoms with E-state index in [4.69, 9.17) is 14.2 Å².